The molecule has 9 heteroatoms. The van der Waals surface area contributed by atoms with Gasteiger partial charge in [0.15, 0.2) is 23.3 Å². The first-order valence-corrected chi connectivity index (χ1v) is 8.04. The number of hydrogen-bond donors (Lipinski definition) is 1. The van der Waals surface area contributed by atoms with E-state index < -0.39 is 51.6 Å². The van der Waals surface area contributed by atoms with Gasteiger partial charge in [0.2, 0.25) is 5.82 Å². The standard InChI is InChI=1S/C18H7BrF5N3/c19-8-3-1-2-7(4-8)11-5-9(10(6-25)18(26)27-11)12-13(20)15(22)17(24)16(23)14(12)21/h1-5H,(H2,26,27). The van der Waals surface area contributed by atoms with Crippen LogP contribution in [0.2, 0.25) is 0 Å². The van der Waals surface area contributed by atoms with Crippen LogP contribution < -0.4 is 5.73 Å². The molecule has 0 saturated heterocycles. The predicted octanol–water partition coefficient (Wildman–Crippen LogP) is 5.33. The average molecular weight is 440 g/mol. The highest BCUT2D eigenvalue weighted by Gasteiger charge is 2.29. The Morgan fingerprint density at radius 1 is 0.926 bits per heavy atom. The van der Waals surface area contributed by atoms with Gasteiger partial charge in [0, 0.05) is 15.6 Å². The van der Waals surface area contributed by atoms with Crippen LogP contribution in [0.25, 0.3) is 22.4 Å². The molecule has 3 rings (SSSR count). The SMILES string of the molecule is N#Cc1c(-c2c(F)c(F)c(F)c(F)c2F)cc(-c2cccc(Br)c2)nc1N. The van der Waals surface area contributed by atoms with Crippen molar-refractivity contribution in [2.24, 2.45) is 0 Å². The highest BCUT2D eigenvalue weighted by molar-refractivity contribution is 9.10. The highest BCUT2D eigenvalue weighted by atomic mass is 79.9. The van der Waals surface area contributed by atoms with Crippen LogP contribution in [-0.4, -0.2) is 4.98 Å². The fraction of sp³-hybridized carbons (Fsp3) is 0. The van der Waals surface area contributed by atoms with Gasteiger partial charge in [-0.05, 0) is 18.2 Å². The molecule has 1 heterocycles. The number of rotatable bonds is 2. The molecule has 0 spiro atoms. The minimum absolute atomic E-state index is 0.0896. The van der Waals surface area contributed by atoms with E-state index in [1.54, 1.807) is 30.3 Å². The van der Waals surface area contributed by atoms with Crippen molar-refractivity contribution in [3.8, 4) is 28.5 Å². The van der Waals surface area contributed by atoms with Gasteiger partial charge in [-0.25, -0.2) is 26.9 Å². The van der Waals surface area contributed by atoms with Gasteiger partial charge >= 0.3 is 0 Å². The maximum atomic E-state index is 14.2. The Morgan fingerprint density at radius 3 is 2.07 bits per heavy atom. The van der Waals surface area contributed by atoms with E-state index in [-0.39, 0.29) is 5.69 Å². The molecular weight excluding hydrogens is 433 g/mol. The summed E-state index contributed by atoms with van der Waals surface area (Å²) in [6.07, 6.45) is 0. The Bertz CT molecular complexity index is 1100. The number of benzene rings is 2. The molecule has 0 fully saturated rings. The molecule has 3 aromatic rings. The molecule has 0 bridgehead atoms. The molecule has 0 saturated carbocycles. The number of hydrogen-bond acceptors (Lipinski definition) is 3. The van der Waals surface area contributed by atoms with Crippen molar-refractivity contribution in [1.82, 2.24) is 4.98 Å². The van der Waals surface area contributed by atoms with Gasteiger partial charge in [-0.1, -0.05) is 28.1 Å². The summed E-state index contributed by atoms with van der Waals surface area (Å²) >= 11 is 3.25. The van der Waals surface area contributed by atoms with Crippen LogP contribution in [0.15, 0.2) is 34.8 Å². The molecule has 0 radical (unpaired) electrons. The Kier molecular flexibility index (Phi) is 4.85. The second-order valence-corrected chi connectivity index (χ2v) is 6.30. The lowest BCUT2D eigenvalue weighted by molar-refractivity contribution is 0.381. The molecule has 2 aromatic carbocycles. The van der Waals surface area contributed by atoms with Crippen molar-refractivity contribution in [1.29, 1.82) is 5.26 Å². The van der Waals surface area contributed by atoms with Crippen LogP contribution in [0, 0.1) is 40.4 Å². The van der Waals surface area contributed by atoms with Gasteiger partial charge in [0.05, 0.1) is 11.3 Å². The van der Waals surface area contributed by atoms with Gasteiger partial charge in [-0.3, -0.25) is 0 Å². The van der Waals surface area contributed by atoms with Crippen LogP contribution in [0.4, 0.5) is 27.8 Å². The first-order valence-electron chi connectivity index (χ1n) is 7.24. The van der Waals surface area contributed by atoms with E-state index in [4.69, 9.17) is 5.73 Å². The zero-order valence-corrected chi connectivity index (χ0v) is 14.7. The van der Waals surface area contributed by atoms with Gasteiger partial charge in [0.1, 0.15) is 17.5 Å². The summed E-state index contributed by atoms with van der Waals surface area (Å²) in [4.78, 5) is 3.99. The lowest BCUT2D eigenvalue weighted by Gasteiger charge is -2.13. The number of nitrogens with zero attached hydrogens (tertiary/aromatic N) is 2. The van der Waals surface area contributed by atoms with Crippen LogP contribution in [0.3, 0.4) is 0 Å². The minimum atomic E-state index is -2.29. The fourth-order valence-electron chi connectivity index (χ4n) is 2.52. The second kappa shape index (κ2) is 6.96. The third kappa shape index (κ3) is 3.13. The minimum Gasteiger partial charge on any atom is -0.383 e. The monoisotopic (exact) mass is 439 g/mol. The van der Waals surface area contributed by atoms with E-state index in [1.165, 1.54) is 0 Å². The van der Waals surface area contributed by atoms with E-state index in [0.717, 1.165) is 6.07 Å². The van der Waals surface area contributed by atoms with Crippen molar-refractivity contribution in [3.05, 3.63) is 69.5 Å². The van der Waals surface area contributed by atoms with E-state index in [2.05, 4.69) is 20.9 Å². The summed E-state index contributed by atoms with van der Waals surface area (Å²) in [6.45, 7) is 0. The molecule has 0 unspecified atom stereocenters. The van der Waals surface area contributed by atoms with Crippen LogP contribution in [0.1, 0.15) is 5.56 Å². The molecule has 3 nitrogen and oxygen atoms in total. The van der Waals surface area contributed by atoms with Gasteiger partial charge < -0.3 is 5.73 Å². The third-order valence-electron chi connectivity index (χ3n) is 3.76. The lowest BCUT2D eigenvalue weighted by atomic mass is 9.97. The molecule has 0 aliphatic heterocycles. The Hall–Kier alpha value is -2.99. The molecule has 1 aromatic heterocycles. The van der Waals surface area contributed by atoms with E-state index >= 15 is 0 Å². The van der Waals surface area contributed by atoms with Crippen molar-refractivity contribution in [2.45, 2.75) is 0 Å². The molecule has 0 aliphatic carbocycles. The van der Waals surface area contributed by atoms with Crippen LogP contribution >= 0.6 is 15.9 Å². The normalized spacial score (nSPS) is 10.7. The summed E-state index contributed by atoms with van der Waals surface area (Å²) in [5, 5.41) is 9.26. The van der Waals surface area contributed by atoms with Crippen molar-refractivity contribution < 1.29 is 22.0 Å². The lowest BCUT2D eigenvalue weighted by Crippen LogP contribution is -2.07. The number of halogens is 6. The zero-order chi connectivity index (χ0) is 19.9. The number of anilines is 1. The summed E-state index contributed by atoms with van der Waals surface area (Å²) in [5.74, 6) is -11.1. The van der Waals surface area contributed by atoms with Gasteiger partial charge in [0.25, 0.3) is 0 Å². The Balaban J connectivity index is 2.39. The zero-order valence-electron chi connectivity index (χ0n) is 13.1. The third-order valence-corrected chi connectivity index (χ3v) is 4.25. The molecule has 0 aliphatic rings. The fourth-order valence-corrected chi connectivity index (χ4v) is 2.92. The summed E-state index contributed by atoms with van der Waals surface area (Å²) in [5.41, 5.74) is 3.95. The highest BCUT2D eigenvalue weighted by Crippen LogP contribution is 2.37. The van der Waals surface area contributed by atoms with Crippen molar-refractivity contribution in [2.75, 3.05) is 5.73 Å². The first-order chi connectivity index (χ1) is 12.8. The maximum absolute atomic E-state index is 14.2. The molecule has 0 amide bonds. The number of nitriles is 1. The number of pyridine rings is 1. The molecule has 27 heavy (non-hydrogen) atoms. The summed E-state index contributed by atoms with van der Waals surface area (Å²) in [6, 6.07) is 9.20. The predicted molar refractivity (Wildman–Crippen MR) is 91.7 cm³/mol. The van der Waals surface area contributed by atoms with Crippen LogP contribution in [-0.2, 0) is 0 Å². The Labute approximate surface area is 158 Å². The van der Waals surface area contributed by atoms with Crippen molar-refractivity contribution in [3.63, 3.8) is 0 Å². The van der Waals surface area contributed by atoms with E-state index in [1.807, 2.05) is 0 Å². The van der Waals surface area contributed by atoms with Gasteiger partial charge in [-0.2, -0.15) is 5.26 Å². The Morgan fingerprint density at radius 2 is 1.52 bits per heavy atom. The number of aromatic nitrogens is 1. The summed E-state index contributed by atoms with van der Waals surface area (Å²) < 4.78 is 69.7. The molecule has 2 N–H and O–H groups in total. The summed E-state index contributed by atoms with van der Waals surface area (Å²) in [7, 11) is 0. The topological polar surface area (TPSA) is 62.7 Å². The smallest absolute Gasteiger partial charge is 0.200 e. The van der Waals surface area contributed by atoms with Gasteiger partial charge in [-0.15, -0.1) is 0 Å². The maximum Gasteiger partial charge on any atom is 0.200 e. The van der Waals surface area contributed by atoms with Crippen LogP contribution in [0.5, 0.6) is 0 Å². The average Bonchev–Trinajstić information content (AvgIpc) is 2.64. The molecule has 136 valence electrons. The molecule has 0 atom stereocenters. The first kappa shape index (κ1) is 18.8. The van der Waals surface area contributed by atoms with E-state index in [9.17, 15) is 27.2 Å². The largest absolute Gasteiger partial charge is 0.383 e. The van der Waals surface area contributed by atoms with E-state index in [0.29, 0.717) is 10.0 Å². The molecular formula is C18H7BrF5N3. The van der Waals surface area contributed by atoms with Crippen molar-refractivity contribution >= 4 is 21.7 Å². The quantitative estimate of drug-likeness (QED) is 0.333. The number of nitrogen functional groups attached to an aromatic ring is 1. The second-order valence-electron chi connectivity index (χ2n) is 5.38. The number of nitrogens with two attached hydrogens (primary N) is 1.